The average Bonchev–Trinajstić information content (AvgIpc) is 3.22. The van der Waals surface area contributed by atoms with Crippen molar-refractivity contribution in [2.24, 2.45) is 5.10 Å². The summed E-state index contributed by atoms with van der Waals surface area (Å²) in [5, 5.41) is 6.75. The molecule has 0 saturated heterocycles. The van der Waals surface area contributed by atoms with E-state index in [0.29, 0.717) is 27.9 Å². The monoisotopic (exact) mass is 482 g/mol. The molecule has 2 N–H and O–H groups in total. The number of nitrogens with zero attached hydrogens (tertiary/aromatic N) is 2. The van der Waals surface area contributed by atoms with Crippen molar-refractivity contribution in [1.82, 2.24) is 10.4 Å². The molecule has 10 heteroatoms. The third-order valence-electron chi connectivity index (χ3n) is 4.96. The van der Waals surface area contributed by atoms with Gasteiger partial charge in [0.25, 0.3) is 0 Å². The Morgan fingerprint density at radius 3 is 2.54 bits per heavy atom. The second-order valence-corrected chi connectivity index (χ2v) is 7.88. The van der Waals surface area contributed by atoms with Crippen LogP contribution in [0.4, 0.5) is 23.7 Å². The highest BCUT2D eigenvalue weighted by Gasteiger charge is 2.31. The maximum absolute atomic E-state index is 12.3. The molecule has 4 rings (SSSR count). The number of oxazole rings is 1. The molecule has 0 radical (unpaired) electrons. The smallest absolute Gasteiger partial charge is 0.436 e. The van der Waals surface area contributed by atoms with Crippen molar-refractivity contribution in [1.29, 1.82) is 0 Å². The van der Waals surface area contributed by atoms with Crippen LogP contribution in [0.2, 0.25) is 0 Å². The van der Waals surface area contributed by atoms with Crippen molar-refractivity contribution in [3.05, 3.63) is 77.9 Å². The van der Waals surface area contributed by atoms with Crippen LogP contribution in [-0.2, 0) is 0 Å². The molecule has 0 atom stereocenters. The number of urea groups is 1. The Hall–Kier alpha value is -4.34. The number of para-hydroxylation sites is 1. The van der Waals surface area contributed by atoms with E-state index in [2.05, 4.69) is 25.6 Å². The number of benzene rings is 3. The van der Waals surface area contributed by atoms with E-state index >= 15 is 0 Å². The third kappa shape index (κ3) is 6.17. The molecular formula is C25H21F3N4O3. The van der Waals surface area contributed by atoms with E-state index in [1.807, 2.05) is 38.1 Å². The number of alkyl halides is 3. The summed E-state index contributed by atoms with van der Waals surface area (Å²) < 4.78 is 46.5. The van der Waals surface area contributed by atoms with Gasteiger partial charge in [-0.1, -0.05) is 32.0 Å². The Bertz CT molecular complexity index is 1360. The Morgan fingerprint density at radius 1 is 1.09 bits per heavy atom. The summed E-state index contributed by atoms with van der Waals surface area (Å²) in [6.07, 6.45) is -3.30. The predicted molar refractivity (Wildman–Crippen MR) is 126 cm³/mol. The van der Waals surface area contributed by atoms with Gasteiger partial charge in [-0.15, -0.1) is 13.2 Å². The fourth-order valence-electron chi connectivity index (χ4n) is 3.38. The lowest BCUT2D eigenvalue weighted by Crippen LogP contribution is -2.24. The fraction of sp³-hybridized carbons (Fsp3) is 0.160. The summed E-state index contributed by atoms with van der Waals surface area (Å²) in [5.41, 5.74) is 6.32. The molecule has 2 amide bonds. The van der Waals surface area contributed by atoms with Gasteiger partial charge in [0, 0.05) is 11.3 Å². The Labute approximate surface area is 198 Å². The molecule has 0 saturated carbocycles. The maximum Gasteiger partial charge on any atom is 0.573 e. The minimum atomic E-state index is -4.76. The maximum atomic E-state index is 12.3. The number of hydrogen-bond donors (Lipinski definition) is 2. The SMILES string of the molecule is CC(C)c1ccccc1NC(=O)N/N=C/c1ccc2oc(-c3ccc(OC(F)(F)F)cc3)nc2c1. The number of anilines is 1. The number of aromatic nitrogens is 1. The van der Waals surface area contributed by atoms with Crippen LogP contribution >= 0.6 is 0 Å². The zero-order valence-corrected chi connectivity index (χ0v) is 18.8. The van der Waals surface area contributed by atoms with Crippen molar-refractivity contribution in [3.8, 4) is 17.2 Å². The molecule has 1 heterocycles. The number of nitrogens with one attached hydrogen (secondary N) is 2. The van der Waals surface area contributed by atoms with Crippen LogP contribution in [-0.4, -0.2) is 23.6 Å². The van der Waals surface area contributed by atoms with Crippen molar-refractivity contribution in [2.75, 3.05) is 5.32 Å². The highest BCUT2D eigenvalue weighted by atomic mass is 19.4. The van der Waals surface area contributed by atoms with Gasteiger partial charge in [0.15, 0.2) is 5.58 Å². The average molecular weight is 482 g/mol. The highest BCUT2D eigenvalue weighted by Crippen LogP contribution is 2.28. The normalized spacial score (nSPS) is 11.8. The van der Waals surface area contributed by atoms with Crippen LogP contribution in [0.25, 0.3) is 22.6 Å². The molecule has 1 aromatic heterocycles. The van der Waals surface area contributed by atoms with Gasteiger partial charge in [-0.2, -0.15) is 5.10 Å². The molecule has 0 fully saturated rings. The quantitative estimate of drug-likeness (QED) is 0.237. The highest BCUT2D eigenvalue weighted by molar-refractivity contribution is 5.92. The number of hydrazone groups is 1. The first kappa shape index (κ1) is 23.8. The van der Waals surface area contributed by atoms with E-state index in [1.54, 1.807) is 18.2 Å². The minimum Gasteiger partial charge on any atom is -0.436 e. The van der Waals surface area contributed by atoms with E-state index in [1.165, 1.54) is 30.5 Å². The van der Waals surface area contributed by atoms with Crippen LogP contribution in [0, 0.1) is 0 Å². The molecule has 0 aliphatic carbocycles. The van der Waals surface area contributed by atoms with Crippen molar-refractivity contribution in [2.45, 2.75) is 26.1 Å². The largest absolute Gasteiger partial charge is 0.573 e. The van der Waals surface area contributed by atoms with Gasteiger partial charge in [-0.05, 0) is 65.6 Å². The lowest BCUT2D eigenvalue weighted by molar-refractivity contribution is -0.274. The van der Waals surface area contributed by atoms with Gasteiger partial charge in [0.2, 0.25) is 5.89 Å². The standard InChI is InChI=1S/C25H21F3N4O3/c1-15(2)19-5-3-4-6-20(19)31-24(33)32-29-14-16-7-12-22-21(13-16)30-23(34-22)17-8-10-18(11-9-17)35-25(26,27)28/h3-15H,1-2H3,(H2,31,32,33)/b29-14+. The van der Waals surface area contributed by atoms with Gasteiger partial charge < -0.3 is 14.5 Å². The summed E-state index contributed by atoms with van der Waals surface area (Å²) in [6, 6.07) is 17.4. The topological polar surface area (TPSA) is 88.8 Å². The van der Waals surface area contributed by atoms with E-state index in [9.17, 15) is 18.0 Å². The lowest BCUT2D eigenvalue weighted by Gasteiger charge is -2.12. The summed E-state index contributed by atoms with van der Waals surface area (Å²) in [7, 11) is 0. The van der Waals surface area contributed by atoms with Crippen molar-refractivity contribution >= 4 is 29.0 Å². The summed E-state index contributed by atoms with van der Waals surface area (Å²) in [6.45, 7) is 4.08. The van der Waals surface area contributed by atoms with Crippen LogP contribution < -0.4 is 15.5 Å². The molecule has 4 aromatic rings. The molecule has 35 heavy (non-hydrogen) atoms. The second kappa shape index (κ2) is 9.88. The number of hydrogen-bond acceptors (Lipinski definition) is 5. The summed E-state index contributed by atoms with van der Waals surface area (Å²) in [4.78, 5) is 16.6. The van der Waals surface area contributed by atoms with E-state index in [0.717, 1.165) is 5.56 Å². The second-order valence-electron chi connectivity index (χ2n) is 7.88. The molecule has 180 valence electrons. The number of amides is 2. The van der Waals surface area contributed by atoms with Gasteiger partial charge in [-0.25, -0.2) is 15.2 Å². The van der Waals surface area contributed by atoms with Crippen molar-refractivity contribution in [3.63, 3.8) is 0 Å². The van der Waals surface area contributed by atoms with Gasteiger partial charge in [-0.3, -0.25) is 0 Å². The van der Waals surface area contributed by atoms with Crippen LogP contribution in [0.1, 0.15) is 30.9 Å². The Balaban J connectivity index is 1.42. The molecule has 7 nitrogen and oxygen atoms in total. The molecule has 3 aromatic carbocycles. The zero-order chi connectivity index (χ0) is 25.0. The number of carbonyl (C=O) groups is 1. The third-order valence-corrected chi connectivity index (χ3v) is 4.96. The first-order valence-electron chi connectivity index (χ1n) is 10.6. The van der Waals surface area contributed by atoms with E-state index in [4.69, 9.17) is 4.42 Å². The number of carbonyl (C=O) groups excluding carboxylic acids is 1. The fourth-order valence-corrected chi connectivity index (χ4v) is 3.38. The zero-order valence-electron chi connectivity index (χ0n) is 18.8. The molecule has 0 unspecified atom stereocenters. The molecule has 0 aliphatic rings. The van der Waals surface area contributed by atoms with Gasteiger partial charge in [0.1, 0.15) is 11.3 Å². The minimum absolute atomic E-state index is 0.244. The Kier molecular flexibility index (Phi) is 6.72. The number of ether oxygens (including phenoxy) is 1. The molecule has 0 spiro atoms. The summed E-state index contributed by atoms with van der Waals surface area (Å²) >= 11 is 0. The first-order chi connectivity index (χ1) is 16.7. The van der Waals surface area contributed by atoms with Crippen LogP contribution in [0.15, 0.2) is 76.2 Å². The number of fused-ring (bicyclic) bond motifs is 1. The summed E-state index contributed by atoms with van der Waals surface area (Å²) in [5.74, 6) is 0.161. The van der Waals surface area contributed by atoms with Crippen LogP contribution in [0.3, 0.4) is 0 Å². The van der Waals surface area contributed by atoms with E-state index < -0.39 is 12.4 Å². The molecular weight excluding hydrogens is 461 g/mol. The van der Waals surface area contributed by atoms with E-state index in [-0.39, 0.29) is 17.6 Å². The molecule has 0 aliphatic heterocycles. The van der Waals surface area contributed by atoms with Crippen LogP contribution in [0.5, 0.6) is 5.75 Å². The lowest BCUT2D eigenvalue weighted by atomic mass is 10.0. The van der Waals surface area contributed by atoms with Gasteiger partial charge >= 0.3 is 12.4 Å². The van der Waals surface area contributed by atoms with Crippen molar-refractivity contribution < 1.29 is 27.1 Å². The number of halogens is 3. The first-order valence-corrected chi connectivity index (χ1v) is 10.6. The van der Waals surface area contributed by atoms with Gasteiger partial charge in [0.05, 0.1) is 6.21 Å². The predicted octanol–water partition coefficient (Wildman–Crippen LogP) is 6.67. The molecule has 0 bridgehead atoms. The number of rotatable bonds is 6. The Morgan fingerprint density at radius 2 is 1.83 bits per heavy atom.